The van der Waals surface area contributed by atoms with Crippen molar-refractivity contribution in [1.29, 1.82) is 0 Å². The first-order valence-corrected chi connectivity index (χ1v) is 14.8. The minimum atomic E-state index is -0.827. The lowest BCUT2D eigenvalue weighted by molar-refractivity contribution is -0.147. The normalized spacial score (nSPS) is 25.1. The van der Waals surface area contributed by atoms with Gasteiger partial charge in [-0.15, -0.1) is 0 Å². The highest BCUT2D eigenvalue weighted by Gasteiger charge is 2.30. The third-order valence-corrected chi connectivity index (χ3v) is 8.50. The summed E-state index contributed by atoms with van der Waals surface area (Å²) in [6.45, 7) is 3.85. The highest BCUT2D eigenvalue weighted by molar-refractivity contribution is 9.10. The summed E-state index contributed by atoms with van der Waals surface area (Å²) in [5.74, 6) is -0.692. The van der Waals surface area contributed by atoms with E-state index in [2.05, 4.69) is 31.9 Å². The van der Waals surface area contributed by atoms with Crippen molar-refractivity contribution in [1.82, 2.24) is 16.0 Å². The third kappa shape index (κ3) is 8.57. The van der Waals surface area contributed by atoms with Crippen LogP contribution in [0.3, 0.4) is 0 Å². The first-order chi connectivity index (χ1) is 16.7. The molecule has 1 aromatic rings. The lowest BCUT2D eigenvalue weighted by Crippen LogP contribution is -2.56. The molecule has 0 aromatic heterocycles. The van der Waals surface area contributed by atoms with Gasteiger partial charge in [-0.05, 0) is 41.7 Å². The van der Waals surface area contributed by atoms with E-state index >= 15 is 0 Å². The Bertz CT molecular complexity index is 988. The van der Waals surface area contributed by atoms with Gasteiger partial charge < -0.3 is 20.7 Å². The molecule has 3 rings (SSSR count). The zero-order chi connectivity index (χ0) is 25.4. The highest BCUT2D eigenvalue weighted by atomic mass is 79.9. The fourth-order valence-electron chi connectivity index (χ4n) is 3.69. The second kappa shape index (κ2) is 13.4. The second-order valence-electron chi connectivity index (χ2n) is 8.71. The molecule has 0 saturated carbocycles. The molecule has 190 valence electrons. The summed E-state index contributed by atoms with van der Waals surface area (Å²) in [4.78, 5) is 51.9. The molecule has 0 spiro atoms. The lowest BCUT2D eigenvalue weighted by atomic mass is 10.0. The minimum absolute atomic E-state index is 0.00289. The van der Waals surface area contributed by atoms with Gasteiger partial charge in [0, 0.05) is 22.5 Å². The first kappa shape index (κ1) is 27.6. The van der Waals surface area contributed by atoms with Gasteiger partial charge in [0.1, 0.15) is 18.2 Å². The van der Waals surface area contributed by atoms with Gasteiger partial charge in [-0.2, -0.15) is 0 Å². The fourth-order valence-corrected chi connectivity index (χ4v) is 6.25. The SMILES string of the molecule is CC(C)[C@H]1NC(=O)C[C@H]2C=CCCSSC[C@@H](NC1=O)C(=O)NCc1ccc(Br)cc1CC(=O)O2. The van der Waals surface area contributed by atoms with Crippen molar-refractivity contribution in [2.75, 3.05) is 11.5 Å². The van der Waals surface area contributed by atoms with Crippen LogP contribution in [-0.2, 0) is 36.9 Å². The minimum Gasteiger partial charge on any atom is -0.457 e. The first-order valence-electron chi connectivity index (χ1n) is 11.5. The van der Waals surface area contributed by atoms with Crippen LogP contribution in [0.4, 0.5) is 0 Å². The number of hydrogen-bond donors (Lipinski definition) is 3. The third-order valence-electron chi connectivity index (χ3n) is 5.56. The van der Waals surface area contributed by atoms with E-state index < -0.39 is 36.0 Å². The number of benzene rings is 1. The molecule has 2 aliphatic rings. The van der Waals surface area contributed by atoms with E-state index in [1.54, 1.807) is 16.9 Å². The number of carbonyl (C=O) groups excluding carboxylic acids is 4. The number of amides is 3. The summed E-state index contributed by atoms with van der Waals surface area (Å²) in [5, 5.41) is 8.49. The Balaban J connectivity index is 2.00. The zero-order valence-corrected chi connectivity index (χ0v) is 22.9. The Hall–Kier alpha value is -1.98. The summed E-state index contributed by atoms with van der Waals surface area (Å²) in [6, 6.07) is 3.89. The van der Waals surface area contributed by atoms with Crippen LogP contribution < -0.4 is 16.0 Å². The molecule has 0 aliphatic carbocycles. The molecule has 2 aliphatic heterocycles. The van der Waals surface area contributed by atoms with E-state index in [1.165, 1.54) is 10.8 Å². The Morgan fingerprint density at radius 3 is 2.63 bits per heavy atom. The van der Waals surface area contributed by atoms with Crippen molar-refractivity contribution < 1.29 is 23.9 Å². The molecule has 0 unspecified atom stereocenters. The smallest absolute Gasteiger partial charge is 0.310 e. The maximum Gasteiger partial charge on any atom is 0.310 e. The van der Waals surface area contributed by atoms with Gasteiger partial charge in [-0.1, -0.05) is 63.5 Å². The molecule has 3 amide bonds. The zero-order valence-electron chi connectivity index (χ0n) is 19.7. The molecular formula is C24H30BrN3O5S2. The predicted molar refractivity (Wildman–Crippen MR) is 142 cm³/mol. The average molecular weight is 585 g/mol. The Kier molecular flexibility index (Phi) is 10.5. The molecule has 11 heteroatoms. The molecular weight excluding hydrogens is 554 g/mol. The van der Waals surface area contributed by atoms with Crippen LogP contribution in [0.2, 0.25) is 0 Å². The second-order valence-corrected chi connectivity index (χ2v) is 12.3. The number of allylic oxidation sites excluding steroid dienone is 1. The van der Waals surface area contributed by atoms with Gasteiger partial charge in [0.25, 0.3) is 0 Å². The molecule has 3 atom stereocenters. The van der Waals surface area contributed by atoms with Gasteiger partial charge in [0.05, 0.1) is 12.8 Å². The van der Waals surface area contributed by atoms with Crippen LogP contribution in [0.15, 0.2) is 34.8 Å². The van der Waals surface area contributed by atoms with Gasteiger partial charge >= 0.3 is 5.97 Å². The summed E-state index contributed by atoms with van der Waals surface area (Å²) in [5.41, 5.74) is 1.48. The van der Waals surface area contributed by atoms with Crippen molar-refractivity contribution in [2.24, 2.45) is 5.92 Å². The van der Waals surface area contributed by atoms with Crippen molar-refractivity contribution >= 4 is 61.2 Å². The summed E-state index contributed by atoms with van der Waals surface area (Å²) >= 11 is 3.43. The van der Waals surface area contributed by atoms with Crippen molar-refractivity contribution in [3.63, 3.8) is 0 Å². The number of rotatable bonds is 1. The van der Waals surface area contributed by atoms with Crippen LogP contribution in [0.5, 0.6) is 0 Å². The van der Waals surface area contributed by atoms with Gasteiger partial charge in [0.2, 0.25) is 17.7 Å². The van der Waals surface area contributed by atoms with Crippen LogP contribution in [0, 0.1) is 5.92 Å². The number of ether oxygens (including phenoxy) is 1. The number of esters is 1. The van der Waals surface area contributed by atoms with Gasteiger partial charge in [-0.3, -0.25) is 19.2 Å². The Morgan fingerprint density at radius 1 is 1.06 bits per heavy atom. The van der Waals surface area contributed by atoms with Crippen LogP contribution in [0.1, 0.15) is 37.8 Å². The van der Waals surface area contributed by atoms with E-state index in [-0.39, 0.29) is 31.2 Å². The Labute approximate surface area is 221 Å². The molecule has 8 nitrogen and oxygen atoms in total. The maximum absolute atomic E-state index is 13.1. The predicted octanol–water partition coefficient (Wildman–Crippen LogP) is 2.89. The van der Waals surface area contributed by atoms with E-state index in [1.807, 2.05) is 38.1 Å². The van der Waals surface area contributed by atoms with E-state index in [0.717, 1.165) is 15.8 Å². The number of hydrogen-bond acceptors (Lipinski definition) is 7. The van der Waals surface area contributed by atoms with E-state index in [0.29, 0.717) is 17.7 Å². The number of nitrogens with one attached hydrogen (secondary N) is 3. The van der Waals surface area contributed by atoms with Crippen LogP contribution in [-0.4, -0.2) is 53.4 Å². The number of fused-ring (bicyclic) bond motifs is 8. The molecule has 0 saturated heterocycles. The Morgan fingerprint density at radius 2 is 1.86 bits per heavy atom. The molecule has 0 fully saturated rings. The molecule has 35 heavy (non-hydrogen) atoms. The largest absolute Gasteiger partial charge is 0.457 e. The van der Waals surface area contributed by atoms with Gasteiger partial charge in [0.15, 0.2) is 0 Å². The monoisotopic (exact) mass is 583 g/mol. The highest BCUT2D eigenvalue weighted by Crippen LogP contribution is 2.24. The van der Waals surface area contributed by atoms with E-state index in [4.69, 9.17) is 4.74 Å². The lowest BCUT2D eigenvalue weighted by Gasteiger charge is -2.26. The summed E-state index contributed by atoms with van der Waals surface area (Å²) < 4.78 is 6.47. The molecule has 0 radical (unpaired) electrons. The summed E-state index contributed by atoms with van der Waals surface area (Å²) in [6.07, 6.45) is 3.49. The van der Waals surface area contributed by atoms with Gasteiger partial charge in [-0.25, -0.2) is 0 Å². The standard InChI is InChI=1S/C24H30BrN3O5S2/c1-14(2)22-24(32)27-19-13-35-34-8-4-3-5-18(11-20(29)28-22)33-21(30)10-16-9-17(25)7-6-15(16)12-26-23(19)31/h3,5-7,9,14,18-19,22H,4,8,10-13H2,1-2H3,(H,26,31)(H,27,32)(H,28,29)/t18-,19-,22-/m1/s1. The van der Waals surface area contributed by atoms with Crippen LogP contribution >= 0.6 is 37.5 Å². The van der Waals surface area contributed by atoms with Crippen LogP contribution in [0.25, 0.3) is 0 Å². The van der Waals surface area contributed by atoms with Crippen molar-refractivity contribution in [2.45, 2.75) is 57.8 Å². The topological polar surface area (TPSA) is 114 Å². The molecule has 3 N–H and O–H groups in total. The average Bonchev–Trinajstić information content (AvgIpc) is 2.79. The van der Waals surface area contributed by atoms with Crippen molar-refractivity contribution in [3.05, 3.63) is 46.0 Å². The number of carbonyl (C=O) groups is 4. The van der Waals surface area contributed by atoms with E-state index in [9.17, 15) is 19.2 Å². The summed E-state index contributed by atoms with van der Waals surface area (Å²) in [7, 11) is 3.10. The maximum atomic E-state index is 13.1. The van der Waals surface area contributed by atoms with Crippen molar-refractivity contribution in [3.8, 4) is 0 Å². The quantitative estimate of drug-likeness (QED) is 0.264. The fraction of sp³-hybridized carbons (Fsp3) is 0.500. The number of halogens is 1. The molecule has 2 bridgehead atoms. The molecule has 2 heterocycles. The molecule has 1 aromatic carbocycles.